The van der Waals surface area contributed by atoms with E-state index in [-0.39, 0.29) is 18.9 Å². The second-order valence-electron chi connectivity index (χ2n) is 7.86. The maximum absolute atomic E-state index is 13.2. The fourth-order valence-corrected chi connectivity index (χ4v) is 3.67. The van der Waals surface area contributed by atoms with Crippen LogP contribution in [-0.2, 0) is 9.53 Å². The van der Waals surface area contributed by atoms with Gasteiger partial charge in [-0.2, -0.15) is 13.2 Å². The fraction of sp³-hybridized carbons (Fsp3) is 0.360. The molecule has 2 aromatic carbocycles. The van der Waals surface area contributed by atoms with Crippen molar-refractivity contribution >= 4 is 11.8 Å². The molecular weight excluding hydrogens is 465 g/mol. The van der Waals surface area contributed by atoms with Crippen molar-refractivity contribution < 1.29 is 37.3 Å². The van der Waals surface area contributed by atoms with Crippen molar-refractivity contribution in [1.29, 1.82) is 0 Å². The second-order valence-corrected chi connectivity index (χ2v) is 7.86. The molecule has 10 heteroatoms. The van der Waals surface area contributed by atoms with E-state index in [1.165, 1.54) is 13.2 Å². The summed E-state index contributed by atoms with van der Waals surface area (Å²) in [6.45, 7) is 2.53. The van der Waals surface area contributed by atoms with E-state index in [1.807, 2.05) is 5.32 Å². The van der Waals surface area contributed by atoms with Crippen molar-refractivity contribution in [1.82, 2.24) is 5.32 Å². The Morgan fingerprint density at radius 3 is 2.63 bits per heavy atom. The van der Waals surface area contributed by atoms with E-state index in [9.17, 15) is 18.0 Å². The van der Waals surface area contributed by atoms with Crippen molar-refractivity contribution in [3.63, 3.8) is 0 Å². The molecule has 0 aromatic heterocycles. The molecule has 0 saturated carbocycles. The van der Waals surface area contributed by atoms with E-state index in [0.29, 0.717) is 35.7 Å². The lowest BCUT2D eigenvalue weighted by molar-refractivity contribution is -0.143. The molecule has 1 aliphatic heterocycles. The number of benzene rings is 2. The molecule has 188 valence electrons. The Kier molecular flexibility index (Phi) is 8.39. The predicted molar refractivity (Wildman–Crippen MR) is 124 cm³/mol. The van der Waals surface area contributed by atoms with Crippen molar-refractivity contribution in [2.24, 2.45) is 4.99 Å². The maximum Gasteiger partial charge on any atom is 0.405 e. The Labute approximate surface area is 201 Å². The number of aliphatic hydroxyl groups is 1. The normalized spacial score (nSPS) is 19.5. The number of nitrogens with one attached hydrogen (secondary N) is 1. The first-order chi connectivity index (χ1) is 16.7. The standard InChI is InChI=1S/C25H27F3N2O5/c1-3-12-24(23(32)29-16-25(26,27)28)21(18-6-4-7-20(15-18)33-2)35-22(30-24)17-8-10-19(11-9-17)34-14-5-13-31/h3-4,6-11,15,21,31H,1,5,12-14,16H2,2H3,(H,29,32)/t21-,24-/m1/s1. The third-order valence-corrected chi connectivity index (χ3v) is 5.33. The molecule has 0 unspecified atom stereocenters. The Bertz CT molecular complexity index is 1060. The van der Waals surface area contributed by atoms with E-state index in [1.54, 1.807) is 48.5 Å². The molecule has 7 nitrogen and oxygen atoms in total. The van der Waals surface area contributed by atoms with Gasteiger partial charge in [0.15, 0.2) is 11.6 Å². The molecule has 2 atom stereocenters. The van der Waals surface area contributed by atoms with Gasteiger partial charge in [-0.1, -0.05) is 18.2 Å². The number of alkyl halides is 3. The van der Waals surface area contributed by atoms with Crippen LogP contribution < -0.4 is 14.8 Å². The van der Waals surface area contributed by atoms with Gasteiger partial charge in [0.2, 0.25) is 5.90 Å². The summed E-state index contributed by atoms with van der Waals surface area (Å²) < 4.78 is 55.6. The average Bonchev–Trinajstić information content (AvgIpc) is 3.23. The van der Waals surface area contributed by atoms with Gasteiger partial charge in [-0.25, -0.2) is 4.99 Å². The van der Waals surface area contributed by atoms with E-state index in [4.69, 9.17) is 19.3 Å². The SMILES string of the molecule is C=CC[C@@]1(C(=O)NCC(F)(F)F)N=C(c2ccc(OCCCO)cc2)O[C@@H]1c1cccc(OC)c1. The molecule has 0 radical (unpaired) electrons. The zero-order valence-electron chi connectivity index (χ0n) is 19.2. The minimum atomic E-state index is -4.59. The van der Waals surface area contributed by atoms with Gasteiger partial charge in [-0.05, 0) is 42.0 Å². The number of aliphatic imine (C=N–C) groups is 1. The van der Waals surface area contributed by atoms with Crippen LogP contribution in [0.1, 0.15) is 30.1 Å². The number of halogens is 3. The highest BCUT2D eigenvalue weighted by atomic mass is 19.4. The molecule has 1 aliphatic rings. The zero-order valence-corrected chi connectivity index (χ0v) is 19.2. The summed E-state index contributed by atoms with van der Waals surface area (Å²) in [6.07, 6.45) is -3.77. The smallest absolute Gasteiger partial charge is 0.405 e. The summed E-state index contributed by atoms with van der Waals surface area (Å²) in [6, 6.07) is 13.4. The predicted octanol–water partition coefficient (Wildman–Crippen LogP) is 3.97. The highest BCUT2D eigenvalue weighted by molar-refractivity contribution is 6.01. The lowest BCUT2D eigenvalue weighted by Crippen LogP contribution is -2.50. The first-order valence-corrected chi connectivity index (χ1v) is 10.9. The quantitative estimate of drug-likeness (QED) is 0.366. The largest absolute Gasteiger partial charge is 0.497 e. The first kappa shape index (κ1) is 26.1. The van der Waals surface area contributed by atoms with Gasteiger partial charge in [0.1, 0.15) is 18.0 Å². The first-order valence-electron chi connectivity index (χ1n) is 10.9. The van der Waals surface area contributed by atoms with Crippen LogP contribution in [0.25, 0.3) is 0 Å². The van der Waals surface area contributed by atoms with Crippen molar-refractivity contribution in [2.75, 3.05) is 26.9 Å². The highest BCUT2D eigenvalue weighted by Crippen LogP contribution is 2.43. The lowest BCUT2D eigenvalue weighted by atomic mass is 9.84. The van der Waals surface area contributed by atoms with E-state index >= 15 is 0 Å². The second kappa shape index (κ2) is 11.3. The number of hydrogen-bond acceptors (Lipinski definition) is 6. The Balaban J connectivity index is 1.99. The topological polar surface area (TPSA) is 89.4 Å². The molecule has 1 heterocycles. The third kappa shape index (κ3) is 6.33. The van der Waals surface area contributed by atoms with Crippen LogP contribution in [0.5, 0.6) is 11.5 Å². The molecular formula is C25H27F3N2O5. The highest BCUT2D eigenvalue weighted by Gasteiger charge is 2.53. The zero-order chi connectivity index (χ0) is 25.5. The minimum Gasteiger partial charge on any atom is -0.497 e. The van der Waals surface area contributed by atoms with Gasteiger partial charge in [0, 0.05) is 25.0 Å². The van der Waals surface area contributed by atoms with Gasteiger partial charge in [0.25, 0.3) is 5.91 Å². The van der Waals surface area contributed by atoms with Gasteiger partial charge >= 0.3 is 6.18 Å². The number of methoxy groups -OCH3 is 1. The summed E-state index contributed by atoms with van der Waals surface area (Å²) in [5.41, 5.74) is -0.691. The summed E-state index contributed by atoms with van der Waals surface area (Å²) in [5, 5.41) is 10.8. The lowest BCUT2D eigenvalue weighted by Gasteiger charge is -2.30. The monoisotopic (exact) mass is 492 g/mol. The van der Waals surface area contributed by atoms with E-state index in [0.717, 1.165) is 0 Å². The van der Waals surface area contributed by atoms with E-state index in [2.05, 4.69) is 11.6 Å². The molecule has 0 saturated heterocycles. The molecule has 2 aromatic rings. The number of rotatable bonds is 11. The number of carbonyl (C=O) groups is 1. The average molecular weight is 492 g/mol. The molecule has 3 rings (SSSR count). The van der Waals surface area contributed by atoms with Crippen LogP contribution in [0.3, 0.4) is 0 Å². The van der Waals surface area contributed by atoms with Crippen molar-refractivity contribution in [3.8, 4) is 11.5 Å². The molecule has 1 amide bonds. The van der Waals surface area contributed by atoms with Gasteiger partial charge in [-0.15, -0.1) is 6.58 Å². The number of amides is 1. The van der Waals surface area contributed by atoms with Crippen LogP contribution in [-0.4, -0.2) is 55.5 Å². The maximum atomic E-state index is 13.2. The Morgan fingerprint density at radius 1 is 1.26 bits per heavy atom. The Morgan fingerprint density at radius 2 is 2.00 bits per heavy atom. The number of hydrogen-bond donors (Lipinski definition) is 2. The number of aliphatic hydroxyl groups excluding tert-OH is 1. The summed E-state index contributed by atoms with van der Waals surface area (Å²) in [4.78, 5) is 17.7. The van der Waals surface area contributed by atoms with Crippen LogP contribution in [0.4, 0.5) is 13.2 Å². The minimum absolute atomic E-state index is 0.0101. The number of nitrogens with zero attached hydrogens (tertiary/aromatic N) is 1. The van der Waals surface area contributed by atoms with Crippen LogP contribution in [0.2, 0.25) is 0 Å². The molecule has 0 aliphatic carbocycles. The van der Waals surface area contributed by atoms with Crippen LogP contribution >= 0.6 is 0 Å². The van der Waals surface area contributed by atoms with Gasteiger partial charge in [0.05, 0.1) is 13.7 Å². The fourth-order valence-electron chi connectivity index (χ4n) is 3.67. The summed E-state index contributed by atoms with van der Waals surface area (Å²) >= 11 is 0. The molecule has 0 spiro atoms. The molecule has 35 heavy (non-hydrogen) atoms. The number of ether oxygens (including phenoxy) is 3. The van der Waals surface area contributed by atoms with Crippen molar-refractivity contribution in [2.45, 2.75) is 30.7 Å². The molecule has 2 N–H and O–H groups in total. The molecule has 0 fully saturated rings. The number of carbonyl (C=O) groups excluding carboxylic acids is 1. The van der Waals surface area contributed by atoms with E-state index < -0.39 is 30.3 Å². The summed E-state index contributed by atoms with van der Waals surface area (Å²) in [5.74, 6) is 0.225. The molecule has 0 bridgehead atoms. The van der Waals surface area contributed by atoms with Gasteiger partial charge < -0.3 is 24.6 Å². The van der Waals surface area contributed by atoms with Crippen molar-refractivity contribution in [3.05, 3.63) is 72.3 Å². The van der Waals surface area contributed by atoms with Crippen LogP contribution in [0.15, 0.2) is 66.2 Å². The van der Waals surface area contributed by atoms with Crippen LogP contribution in [0, 0.1) is 0 Å². The summed E-state index contributed by atoms with van der Waals surface area (Å²) in [7, 11) is 1.48. The Hall–Kier alpha value is -3.53. The third-order valence-electron chi connectivity index (χ3n) is 5.33. The van der Waals surface area contributed by atoms with Gasteiger partial charge in [-0.3, -0.25) is 4.79 Å².